The Hall–Kier alpha value is -2.66. The molecule has 3 aromatic rings. The highest BCUT2D eigenvalue weighted by atomic mass is 32.1. The van der Waals surface area contributed by atoms with Gasteiger partial charge < -0.3 is 10.1 Å². The standard InChI is InChI=1S/C21H22N2O2S/c1-13-8-14(2)20(15(3)9-13)18-12-26-21(22-18)23-19(24)11-16-6-5-7-17(10-16)25-4/h5-10,12H,11H2,1-4H3,(H,22,23,24). The van der Waals surface area contributed by atoms with Crippen molar-refractivity contribution in [3.05, 3.63) is 64.0 Å². The number of nitrogens with one attached hydrogen (secondary N) is 1. The predicted octanol–water partition coefficient (Wildman–Crippen LogP) is 4.93. The molecule has 3 rings (SSSR count). The van der Waals surface area contributed by atoms with Gasteiger partial charge in [0.2, 0.25) is 5.91 Å². The molecule has 2 aromatic carbocycles. The molecule has 5 heteroatoms. The number of methoxy groups -OCH3 is 1. The van der Waals surface area contributed by atoms with Crippen LogP contribution in [0.15, 0.2) is 41.8 Å². The molecule has 0 bridgehead atoms. The number of aryl methyl sites for hydroxylation is 3. The maximum atomic E-state index is 12.3. The first-order valence-corrected chi connectivity index (χ1v) is 9.31. The van der Waals surface area contributed by atoms with E-state index in [0.717, 1.165) is 22.6 Å². The van der Waals surface area contributed by atoms with E-state index in [1.54, 1.807) is 7.11 Å². The van der Waals surface area contributed by atoms with Crippen molar-refractivity contribution in [1.82, 2.24) is 4.98 Å². The van der Waals surface area contributed by atoms with Gasteiger partial charge in [0, 0.05) is 10.9 Å². The van der Waals surface area contributed by atoms with Gasteiger partial charge in [0.25, 0.3) is 0 Å². The largest absolute Gasteiger partial charge is 0.497 e. The van der Waals surface area contributed by atoms with Crippen LogP contribution in [0.1, 0.15) is 22.3 Å². The summed E-state index contributed by atoms with van der Waals surface area (Å²) in [6.07, 6.45) is 0.286. The highest BCUT2D eigenvalue weighted by molar-refractivity contribution is 7.14. The molecule has 0 fully saturated rings. The van der Waals surface area contributed by atoms with Crippen molar-refractivity contribution in [3.8, 4) is 17.0 Å². The second-order valence-electron chi connectivity index (χ2n) is 6.39. The SMILES string of the molecule is COc1cccc(CC(=O)Nc2nc(-c3c(C)cc(C)cc3C)cs2)c1. The third-order valence-corrected chi connectivity index (χ3v) is 4.94. The zero-order valence-corrected chi connectivity index (χ0v) is 16.2. The molecule has 0 aliphatic heterocycles. The summed E-state index contributed by atoms with van der Waals surface area (Å²) in [7, 11) is 1.62. The van der Waals surface area contributed by atoms with E-state index in [0.29, 0.717) is 5.13 Å². The smallest absolute Gasteiger partial charge is 0.230 e. The van der Waals surface area contributed by atoms with Crippen LogP contribution >= 0.6 is 11.3 Å². The minimum absolute atomic E-state index is 0.0866. The lowest BCUT2D eigenvalue weighted by Crippen LogP contribution is -2.14. The normalized spacial score (nSPS) is 10.6. The third kappa shape index (κ3) is 4.11. The van der Waals surface area contributed by atoms with E-state index in [2.05, 4.69) is 43.2 Å². The van der Waals surface area contributed by atoms with E-state index >= 15 is 0 Å². The maximum Gasteiger partial charge on any atom is 0.230 e. The Labute approximate surface area is 157 Å². The van der Waals surface area contributed by atoms with Gasteiger partial charge in [-0.15, -0.1) is 11.3 Å². The van der Waals surface area contributed by atoms with E-state index in [4.69, 9.17) is 4.74 Å². The first-order chi connectivity index (χ1) is 12.5. The molecule has 1 N–H and O–H groups in total. The Morgan fingerprint density at radius 1 is 1.15 bits per heavy atom. The van der Waals surface area contributed by atoms with Crippen LogP contribution in [-0.2, 0) is 11.2 Å². The van der Waals surface area contributed by atoms with Crippen molar-refractivity contribution in [3.63, 3.8) is 0 Å². The monoisotopic (exact) mass is 366 g/mol. The molecule has 0 atom stereocenters. The molecule has 0 saturated carbocycles. The molecule has 4 nitrogen and oxygen atoms in total. The van der Waals surface area contributed by atoms with E-state index in [-0.39, 0.29) is 12.3 Å². The first kappa shape index (κ1) is 18.1. The van der Waals surface area contributed by atoms with E-state index in [1.807, 2.05) is 29.6 Å². The molecular weight excluding hydrogens is 344 g/mol. The second kappa shape index (κ2) is 7.70. The van der Waals surface area contributed by atoms with Crippen molar-refractivity contribution < 1.29 is 9.53 Å². The van der Waals surface area contributed by atoms with Gasteiger partial charge in [-0.3, -0.25) is 4.79 Å². The first-order valence-electron chi connectivity index (χ1n) is 8.43. The van der Waals surface area contributed by atoms with Gasteiger partial charge in [-0.1, -0.05) is 29.8 Å². The third-order valence-electron chi connectivity index (χ3n) is 4.18. The number of aromatic nitrogens is 1. The average Bonchev–Trinajstić information content (AvgIpc) is 3.01. The number of amides is 1. The Kier molecular flexibility index (Phi) is 5.38. The molecule has 0 unspecified atom stereocenters. The van der Waals surface area contributed by atoms with Crippen LogP contribution in [0.2, 0.25) is 0 Å². The summed E-state index contributed by atoms with van der Waals surface area (Å²) in [5, 5.41) is 5.51. The molecule has 1 aromatic heterocycles. The predicted molar refractivity (Wildman–Crippen MR) is 107 cm³/mol. The summed E-state index contributed by atoms with van der Waals surface area (Å²) >= 11 is 1.44. The summed E-state index contributed by atoms with van der Waals surface area (Å²) in [6.45, 7) is 6.28. The highest BCUT2D eigenvalue weighted by Gasteiger charge is 2.13. The van der Waals surface area contributed by atoms with Crippen molar-refractivity contribution in [2.75, 3.05) is 12.4 Å². The van der Waals surface area contributed by atoms with Gasteiger partial charge in [-0.2, -0.15) is 0 Å². The lowest BCUT2D eigenvalue weighted by molar-refractivity contribution is -0.115. The van der Waals surface area contributed by atoms with Gasteiger partial charge >= 0.3 is 0 Å². The maximum absolute atomic E-state index is 12.3. The van der Waals surface area contributed by atoms with E-state index < -0.39 is 0 Å². The van der Waals surface area contributed by atoms with Gasteiger partial charge in [-0.05, 0) is 49.6 Å². The fourth-order valence-electron chi connectivity index (χ4n) is 3.16. The van der Waals surface area contributed by atoms with Crippen molar-refractivity contribution in [1.29, 1.82) is 0 Å². The topological polar surface area (TPSA) is 51.2 Å². The van der Waals surface area contributed by atoms with Crippen molar-refractivity contribution in [2.24, 2.45) is 0 Å². The van der Waals surface area contributed by atoms with Crippen LogP contribution in [0.3, 0.4) is 0 Å². The molecule has 0 saturated heterocycles. The van der Waals surface area contributed by atoms with Crippen LogP contribution < -0.4 is 10.1 Å². The number of rotatable bonds is 5. The van der Waals surface area contributed by atoms with Crippen LogP contribution in [0, 0.1) is 20.8 Å². The number of thiazole rings is 1. The summed E-state index contributed by atoms with van der Waals surface area (Å²) < 4.78 is 5.20. The number of hydrogen-bond acceptors (Lipinski definition) is 4. The summed E-state index contributed by atoms with van der Waals surface area (Å²) in [6, 6.07) is 11.8. The van der Waals surface area contributed by atoms with Gasteiger partial charge in [0.05, 0.1) is 19.2 Å². The molecule has 26 heavy (non-hydrogen) atoms. The molecular formula is C21H22N2O2S. The second-order valence-corrected chi connectivity index (χ2v) is 7.25. The molecule has 0 spiro atoms. The number of benzene rings is 2. The minimum atomic E-state index is -0.0866. The lowest BCUT2D eigenvalue weighted by atomic mass is 9.98. The zero-order valence-electron chi connectivity index (χ0n) is 15.4. The molecule has 1 heterocycles. The Bertz CT molecular complexity index is 924. The fraction of sp³-hybridized carbons (Fsp3) is 0.238. The minimum Gasteiger partial charge on any atom is -0.497 e. The summed E-state index contributed by atoms with van der Waals surface area (Å²) in [5.41, 5.74) is 6.58. The number of nitrogens with zero attached hydrogens (tertiary/aromatic N) is 1. The average molecular weight is 366 g/mol. The zero-order chi connectivity index (χ0) is 18.7. The number of ether oxygens (including phenoxy) is 1. The van der Waals surface area contributed by atoms with Gasteiger partial charge in [0.15, 0.2) is 5.13 Å². The van der Waals surface area contributed by atoms with Crippen molar-refractivity contribution in [2.45, 2.75) is 27.2 Å². The summed E-state index contributed by atoms with van der Waals surface area (Å²) in [4.78, 5) is 16.9. The quantitative estimate of drug-likeness (QED) is 0.697. The molecule has 0 aliphatic rings. The van der Waals surface area contributed by atoms with Crippen LogP contribution in [0.5, 0.6) is 5.75 Å². The van der Waals surface area contributed by atoms with Crippen LogP contribution in [-0.4, -0.2) is 18.0 Å². The number of anilines is 1. The van der Waals surface area contributed by atoms with Crippen LogP contribution in [0.4, 0.5) is 5.13 Å². The Balaban J connectivity index is 1.73. The van der Waals surface area contributed by atoms with Crippen LogP contribution in [0.25, 0.3) is 11.3 Å². The van der Waals surface area contributed by atoms with E-state index in [9.17, 15) is 4.79 Å². The molecule has 1 amide bonds. The van der Waals surface area contributed by atoms with E-state index in [1.165, 1.54) is 28.0 Å². The van der Waals surface area contributed by atoms with Crippen molar-refractivity contribution >= 4 is 22.4 Å². The Morgan fingerprint density at radius 3 is 2.58 bits per heavy atom. The number of carbonyl (C=O) groups excluding carboxylic acids is 1. The summed E-state index contributed by atoms with van der Waals surface area (Å²) in [5.74, 6) is 0.661. The van der Waals surface area contributed by atoms with Gasteiger partial charge in [0.1, 0.15) is 5.75 Å². The number of carbonyl (C=O) groups is 1. The molecule has 134 valence electrons. The fourth-order valence-corrected chi connectivity index (χ4v) is 3.88. The Morgan fingerprint density at radius 2 is 1.88 bits per heavy atom. The molecule has 0 aliphatic carbocycles. The highest BCUT2D eigenvalue weighted by Crippen LogP contribution is 2.31. The van der Waals surface area contributed by atoms with Gasteiger partial charge in [-0.25, -0.2) is 4.98 Å². The number of hydrogen-bond donors (Lipinski definition) is 1. The molecule has 0 radical (unpaired) electrons. The lowest BCUT2D eigenvalue weighted by Gasteiger charge is -2.08.